The fourth-order valence-electron chi connectivity index (χ4n) is 3.11. The van der Waals surface area contributed by atoms with E-state index >= 15 is 0 Å². The Hall–Kier alpha value is -2.40. The number of carboxylic acids is 1. The van der Waals surface area contributed by atoms with Gasteiger partial charge in [-0.1, -0.05) is 23.7 Å². The molecule has 0 fully saturated rings. The summed E-state index contributed by atoms with van der Waals surface area (Å²) in [6.07, 6.45) is 3.21. The molecule has 0 atom stereocenters. The normalized spacial score (nSPS) is 12.8. The van der Waals surface area contributed by atoms with Crippen LogP contribution in [0.5, 0.6) is 0 Å². The molecule has 0 radical (unpaired) electrons. The van der Waals surface area contributed by atoms with E-state index in [1.807, 2.05) is 6.07 Å². The Kier molecular flexibility index (Phi) is 4.28. The van der Waals surface area contributed by atoms with E-state index in [0.29, 0.717) is 16.9 Å². The summed E-state index contributed by atoms with van der Waals surface area (Å²) in [5.74, 6) is -1.54. The lowest BCUT2D eigenvalue weighted by atomic mass is 10.00. The molecule has 0 bridgehead atoms. The van der Waals surface area contributed by atoms with Crippen LogP contribution >= 0.6 is 11.6 Å². The van der Waals surface area contributed by atoms with Gasteiger partial charge in [0.25, 0.3) is 0 Å². The summed E-state index contributed by atoms with van der Waals surface area (Å²) in [4.78, 5) is 27.2. The number of carbonyl (C=O) groups is 2. The third-order valence-electron chi connectivity index (χ3n) is 4.26. The van der Waals surface area contributed by atoms with Gasteiger partial charge in [0.05, 0.1) is 16.4 Å². The van der Waals surface area contributed by atoms with Gasteiger partial charge >= 0.3 is 5.97 Å². The van der Waals surface area contributed by atoms with Gasteiger partial charge in [0.1, 0.15) is 0 Å². The van der Waals surface area contributed by atoms with E-state index in [9.17, 15) is 14.7 Å². The van der Waals surface area contributed by atoms with Crippen molar-refractivity contribution in [3.05, 3.63) is 45.6 Å². The molecule has 0 spiro atoms. The average Bonchev–Trinajstić information content (AvgIpc) is 2.98. The smallest absolute Gasteiger partial charge is 0.356 e. The first-order chi connectivity index (χ1) is 11.4. The van der Waals surface area contributed by atoms with Gasteiger partial charge in [0.2, 0.25) is 5.91 Å². The molecule has 1 aliphatic carbocycles. The summed E-state index contributed by atoms with van der Waals surface area (Å²) in [7, 11) is 0. The first-order valence-electron chi connectivity index (χ1n) is 7.71. The minimum absolute atomic E-state index is 0.0555. The topological polar surface area (TPSA) is 79.3 Å². The number of rotatable bonds is 3. The number of hydrogen-bond donors (Lipinski definition) is 2. The van der Waals surface area contributed by atoms with Crippen LogP contribution in [0.4, 0.5) is 5.69 Å². The Bertz CT molecular complexity index is 862. The standard InChI is InChI=1S/C18H17ClN2O3/c1-9-15(13-7-6-11-4-3-5-12(11)8-13)21-17(18(23)24)14(19)16(9)20-10(2)22/h6-8H,3-5H2,1-2H3,(H,23,24)(H,20,21,22). The van der Waals surface area contributed by atoms with Gasteiger partial charge in [0, 0.05) is 18.1 Å². The van der Waals surface area contributed by atoms with Crippen LogP contribution in [0.3, 0.4) is 0 Å². The number of nitrogens with zero attached hydrogens (tertiary/aromatic N) is 1. The molecule has 124 valence electrons. The van der Waals surface area contributed by atoms with Gasteiger partial charge in [-0.2, -0.15) is 0 Å². The number of amides is 1. The predicted molar refractivity (Wildman–Crippen MR) is 92.7 cm³/mol. The van der Waals surface area contributed by atoms with E-state index in [4.69, 9.17) is 11.6 Å². The van der Waals surface area contributed by atoms with Crippen LogP contribution in [0, 0.1) is 6.92 Å². The summed E-state index contributed by atoms with van der Waals surface area (Å²) >= 11 is 6.15. The number of aryl methyl sites for hydroxylation is 2. The number of hydrogen-bond acceptors (Lipinski definition) is 3. The number of carbonyl (C=O) groups excluding carboxylic acids is 1. The van der Waals surface area contributed by atoms with Gasteiger partial charge in [0.15, 0.2) is 5.69 Å². The fraction of sp³-hybridized carbons (Fsp3) is 0.278. The third kappa shape index (κ3) is 2.87. The number of anilines is 1. The Labute approximate surface area is 144 Å². The van der Waals surface area contributed by atoms with Crippen LogP contribution < -0.4 is 5.32 Å². The van der Waals surface area contributed by atoms with E-state index in [1.54, 1.807) is 6.92 Å². The molecule has 1 amide bonds. The second-order valence-corrected chi connectivity index (χ2v) is 6.32. The highest BCUT2D eigenvalue weighted by Crippen LogP contribution is 2.36. The minimum atomic E-state index is -1.23. The molecule has 1 aromatic heterocycles. The minimum Gasteiger partial charge on any atom is -0.476 e. The van der Waals surface area contributed by atoms with Gasteiger partial charge in [-0.3, -0.25) is 4.79 Å². The van der Waals surface area contributed by atoms with Crippen LogP contribution in [0.15, 0.2) is 18.2 Å². The van der Waals surface area contributed by atoms with E-state index < -0.39 is 5.97 Å². The molecule has 2 N–H and O–H groups in total. The second-order valence-electron chi connectivity index (χ2n) is 5.95. The highest BCUT2D eigenvalue weighted by atomic mass is 35.5. The Balaban J connectivity index is 2.21. The van der Waals surface area contributed by atoms with Crippen LogP contribution in [0.25, 0.3) is 11.3 Å². The molecular weight excluding hydrogens is 328 g/mol. The first kappa shape index (κ1) is 16.5. The molecule has 0 saturated carbocycles. The molecule has 1 aliphatic rings. The van der Waals surface area contributed by atoms with Crippen LogP contribution in [-0.4, -0.2) is 22.0 Å². The lowest BCUT2D eigenvalue weighted by molar-refractivity contribution is -0.114. The predicted octanol–water partition coefficient (Wildman–Crippen LogP) is 3.86. The van der Waals surface area contributed by atoms with Crippen molar-refractivity contribution in [2.45, 2.75) is 33.1 Å². The van der Waals surface area contributed by atoms with Gasteiger partial charge in [-0.25, -0.2) is 9.78 Å². The van der Waals surface area contributed by atoms with E-state index in [1.165, 1.54) is 18.1 Å². The lowest BCUT2D eigenvalue weighted by Gasteiger charge is -2.15. The number of fused-ring (bicyclic) bond motifs is 1. The number of halogens is 1. The summed E-state index contributed by atoms with van der Waals surface area (Å²) in [5, 5.41) is 12.0. The molecule has 0 unspecified atom stereocenters. The monoisotopic (exact) mass is 344 g/mol. The molecule has 6 heteroatoms. The second kappa shape index (κ2) is 6.24. The van der Waals surface area contributed by atoms with Crippen molar-refractivity contribution in [2.24, 2.45) is 0 Å². The van der Waals surface area contributed by atoms with Crippen LogP contribution in [-0.2, 0) is 17.6 Å². The number of pyridine rings is 1. The number of nitrogens with one attached hydrogen (secondary N) is 1. The lowest BCUT2D eigenvalue weighted by Crippen LogP contribution is -2.13. The zero-order valence-electron chi connectivity index (χ0n) is 13.4. The number of aromatic carboxylic acids is 1. The number of carboxylic acid groups (broad SMARTS) is 1. The van der Waals surface area contributed by atoms with Gasteiger partial charge < -0.3 is 10.4 Å². The van der Waals surface area contributed by atoms with Crippen LogP contribution in [0.2, 0.25) is 5.02 Å². The van der Waals surface area contributed by atoms with Crippen molar-refractivity contribution in [3.8, 4) is 11.3 Å². The van der Waals surface area contributed by atoms with Crippen LogP contribution in [0.1, 0.15) is 40.5 Å². The largest absolute Gasteiger partial charge is 0.476 e. The van der Waals surface area contributed by atoms with E-state index in [-0.39, 0.29) is 16.6 Å². The Morgan fingerprint density at radius 1 is 1.25 bits per heavy atom. The maximum absolute atomic E-state index is 11.5. The van der Waals surface area contributed by atoms with Crippen molar-refractivity contribution >= 4 is 29.2 Å². The molecule has 1 heterocycles. The highest BCUT2D eigenvalue weighted by molar-refractivity contribution is 6.36. The molecular formula is C18H17ClN2O3. The zero-order chi connectivity index (χ0) is 17.4. The number of aromatic nitrogens is 1. The Morgan fingerprint density at radius 3 is 2.62 bits per heavy atom. The Morgan fingerprint density at radius 2 is 1.96 bits per heavy atom. The third-order valence-corrected chi connectivity index (χ3v) is 4.62. The van der Waals surface area contributed by atoms with Crippen molar-refractivity contribution in [1.29, 1.82) is 0 Å². The van der Waals surface area contributed by atoms with Crippen molar-refractivity contribution in [3.63, 3.8) is 0 Å². The molecule has 24 heavy (non-hydrogen) atoms. The zero-order valence-corrected chi connectivity index (χ0v) is 14.2. The fourth-order valence-corrected chi connectivity index (χ4v) is 3.42. The highest BCUT2D eigenvalue weighted by Gasteiger charge is 2.22. The molecule has 3 rings (SSSR count). The molecule has 0 aliphatic heterocycles. The van der Waals surface area contributed by atoms with Crippen molar-refractivity contribution in [1.82, 2.24) is 4.98 Å². The van der Waals surface area contributed by atoms with Crippen molar-refractivity contribution < 1.29 is 14.7 Å². The molecule has 2 aromatic rings. The van der Waals surface area contributed by atoms with E-state index in [0.717, 1.165) is 24.8 Å². The summed E-state index contributed by atoms with van der Waals surface area (Å²) in [6, 6.07) is 6.05. The molecule has 5 nitrogen and oxygen atoms in total. The summed E-state index contributed by atoms with van der Waals surface area (Å²) in [6.45, 7) is 3.13. The average molecular weight is 345 g/mol. The first-order valence-corrected chi connectivity index (χ1v) is 8.09. The summed E-state index contributed by atoms with van der Waals surface area (Å²) in [5.41, 5.74) is 4.63. The van der Waals surface area contributed by atoms with Crippen molar-refractivity contribution in [2.75, 3.05) is 5.32 Å². The molecule has 1 aromatic carbocycles. The SMILES string of the molecule is CC(=O)Nc1c(C)c(-c2ccc3c(c2)CCC3)nc(C(=O)O)c1Cl. The maximum atomic E-state index is 11.5. The van der Waals surface area contributed by atoms with E-state index in [2.05, 4.69) is 22.4 Å². The van der Waals surface area contributed by atoms with Gasteiger partial charge in [-0.15, -0.1) is 0 Å². The maximum Gasteiger partial charge on any atom is 0.356 e. The number of benzene rings is 1. The van der Waals surface area contributed by atoms with Gasteiger partial charge in [-0.05, 0) is 43.4 Å². The molecule has 0 saturated heterocycles. The summed E-state index contributed by atoms with van der Waals surface area (Å²) < 4.78 is 0. The quantitative estimate of drug-likeness (QED) is 0.886.